The van der Waals surface area contributed by atoms with E-state index in [0.717, 1.165) is 27.9 Å². The van der Waals surface area contributed by atoms with Crippen molar-refractivity contribution in [3.8, 4) is 0 Å². The van der Waals surface area contributed by atoms with Crippen molar-refractivity contribution in [2.24, 2.45) is 0 Å². The fraction of sp³-hybridized carbons (Fsp3) is 0.389. The molecule has 0 saturated heterocycles. The lowest BCUT2D eigenvalue weighted by Gasteiger charge is -2.25. The number of nitrogens with one attached hydrogen (secondary N) is 1. The summed E-state index contributed by atoms with van der Waals surface area (Å²) >= 11 is 1.47. The zero-order valence-electron chi connectivity index (χ0n) is 14.2. The normalized spacial score (nSPS) is 14.5. The predicted molar refractivity (Wildman–Crippen MR) is 98.5 cm³/mol. The molecular weight excluding hydrogens is 326 g/mol. The van der Waals surface area contributed by atoms with Crippen LogP contribution in [0.3, 0.4) is 0 Å². The lowest BCUT2D eigenvalue weighted by molar-refractivity contribution is 0.112. The van der Waals surface area contributed by atoms with Gasteiger partial charge in [0, 0.05) is 4.88 Å². The Kier molecular flexibility index (Phi) is 5.55. The van der Waals surface area contributed by atoms with Crippen LogP contribution in [0.25, 0.3) is 0 Å². The fourth-order valence-electron chi connectivity index (χ4n) is 2.31. The van der Waals surface area contributed by atoms with Crippen LogP contribution >= 0.6 is 11.3 Å². The second kappa shape index (κ2) is 7.07. The van der Waals surface area contributed by atoms with E-state index in [2.05, 4.69) is 10.8 Å². The number of hydrogen-bond donors (Lipinski definition) is 1. The van der Waals surface area contributed by atoms with Crippen LogP contribution in [0.15, 0.2) is 30.3 Å². The maximum absolute atomic E-state index is 12.6. The zero-order chi connectivity index (χ0) is 17.2. The number of thiophene rings is 1. The van der Waals surface area contributed by atoms with Gasteiger partial charge in [0.05, 0.1) is 26.7 Å². The van der Waals surface area contributed by atoms with Crippen LogP contribution in [0.1, 0.15) is 58.1 Å². The molecule has 5 heteroatoms. The summed E-state index contributed by atoms with van der Waals surface area (Å²) in [5.74, 6) is 0. The van der Waals surface area contributed by atoms with Crippen LogP contribution in [-0.4, -0.2) is 15.2 Å². The minimum Gasteiger partial charge on any atom is -0.297 e. The number of aldehydes is 1. The monoisotopic (exact) mass is 349 g/mol. The highest BCUT2D eigenvalue weighted by Crippen LogP contribution is 2.32. The minimum atomic E-state index is -1.21. The van der Waals surface area contributed by atoms with Crippen LogP contribution in [0.5, 0.6) is 0 Å². The summed E-state index contributed by atoms with van der Waals surface area (Å²) in [5.41, 5.74) is 3.22. The summed E-state index contributed by atoms with van der Waals surface area (Å²) in [6, 6.07) is 9.87. The quantitative estimate of drug-likeness (QED) is 0.817. The third-order valence-corrected chi connectivity index (χ3v) is 6.11. The second-order valence-electron chi connectivity index (χ2n) is 6.62. The Morgan fingerprint density at radius 3 is 2.43 bits per heavy atom. The Bertz CT molecular complexity index is 729. The van der Waals surface area contributed by atoms with Gasteiger partial charge < -0.3 is 0 Å². The summed E-state index contributed by atoms with van der Waals surface area (Å²) in [6.45, 7) is 9.87. The molecule has 0 aliphatic heterocycles. The highest BCUT2D eigenvalue weighted by Gasteiger charge is 2.26. The van der Waals surface area contributed by atoms with Gasteiger partial charge in [0.15, 0.2) is 6.29 Å². The molecule has 0 bridgehead atoms. The minimum absolute atomic E-state index is 0.195. The van der Waals surface area contributed by atoms with Crippen molar-refractivity contribution in [1.29, 1.82) is 0 Å². The van der Waals surface area contributed by atoms with Gasteiger partial charge in [-0.1, -0.05) is 29.8 Å². The fourth-order valence-corrected chi connectivity index (χ4v) is 4.02. The van der Waals surface area contributed by atoms with Gasteiger partial charge >= 0.3 is 0 Å². The van der Waals surface area contributed by atoms with Crippen LogP contribution in [0.4, 0.5) is 0 Å². The Labute approximate surface area is 144 Å². The molecule has 0 spiro atoms. The molecule has 1 aromatic carbocycles. The number of rotatable bonds is 5. The Morgan fingerprint density at radius 1 is 1.22 bits per heavy atom. The molecule has 1 aromatic heterocycles. The van der Waals surface area contributed by atoms with E-state index < -0.39 is 11.0 Å². The molecule has 3 nitrogen and oxygen atoms in total. The van der Waals surface area contributed by atoms with Gasteiger partial charge in [0.25, 0.3) is 0 Å². The predicted octanol–water partition coefficient (Wildman–Crippen LogP) is 4.32. The van der Waals surface area contributed by atoms with Gasteiger partial charge in [0.2, 0.25) is 0 Å². The van der Waals surface area contributed by atoms with Crippen molar-refractivity contribution in [2.75, 3.05) is 0 Å². The van der Waals surface area contributed by atoms with E-state index in [0.29, 0.717) is 4.88 Å². The van der Waals surface area contributed by atoms with Gasteiger partial charge in [-0.2, -0.15) is 0 Å². The van der Waals surface area contributed by atoms with Crippen molar-refractivity contribution >= 4 is 28.6 Å². The van der Waals surface area contributed by atoms with Crippen molar-refractivity contribution in [1.82, 2.24) is 4.72 Å². The van der Waals surface area contributed by atoms with Crippen LogP contribution in [-0.2, 0) is 11.0 Å². The first-order valence-electron chi connectivity index (χ1n) is 7.52. The molecule has 2 atom stereocenters. The third-order valence-electron chi connectivity index (χ3n) is 3.56. The average Bonchev–Trinajstić information content (AvgIpc) is 2.84. The lowest BCUT2D eigenvalue weighted by Crippen LogP contribution is -2.36. The zero-order valence-corrected chi connectivity index (χ0v) is 15.8. The highest BCUT2D eigenvalue weighted by atomic mass is 32.2. The molecule has 0 aliphatic carbocycles. The molecule has 0 fully saturated rings. The highest BCUT2D eigenvalue weighted by molar-refractivity contribution is 7.84. The summed E-state index contributed by atoms with van der Waals surface area (Å²) in [5, 5.41) is 0. The maximum atomic E-state index is 12.6. The molecule has 0 saturated carbocycles. The lowest BCUT2D eigenvalue weighted by atomic mass is 9.98. The third kappa shape index (κ3) is 4.37. The van der Waals surface area contributed by atoms with Crippen LogP contribution in [0, 0.1) is 13.8 Å². The van der Waals surface area contributed by atoms with Gasteiger partial charge in [-0.05, 0) is 51.8 Å². The van der Waals surface area contributed by atoms with Crippen LogP contribution < -0.4 is 4.72 Å². The van der Waals surface area contributed by atoms with E-state index in [4.69, 9.17) is 0 Å². The van der Waals surface area contributed by atoms with Crippen molar-refractivity contribution in [3.63, 3.8) is 0 Å². The molecule has 0 radical (unpaired) electrons. The van der Waals surface area contributed by atoms with Gasteiger partial charge in [-0.25, -0.2) is 8.93 Å². The summed E-state index contributed by atoms with van der Waals surface area (Å²) in [6.07, 6.45) is 0.870. The molecule has 124 valence electrons. The number of aryl methyl sites for hydroxylation is 2. The van der Waals surface area contributed by atoms with Crippen molar-refractivity contribution < 1.29 is 9.00 Å². The first-order valence-corrected chi connectivity index (χ1v) is 9.49. The average molecular weight is 350 g/mol. The van der Waals surface area contributed by atoms with E-state index in [1.807, 2.05) is 58.9 Å². The molecule has 0 amide bonds. The van der Waals surface area contributed by atoms with Crippen molar-refractivity contribution in [3.05, 3.63) is 56.8 Å². The van der Waals surface area contributed by atoms with Crippen LogP contribution in [0.2, 0.25) is 0 Å². The van der Waals surface area contributed by atoms with E-state index in [1.165, 1.54) is 11.3 Å². The number of benzene rings is 1. The SMILES string of the molecule is Cc1cccc(C(NS(=O)C(C)(C)C)c2cc(C=O)sc2C)c1. The van der Waals surface area contributed by atoms with E-state index in [-0.39, 0.29) is 10.8 Å². The molecule has 1 heterocycles. The van der Waals surface area contributed by atoms with Gasteiger partial charge in [-0.3, -0.25) is 4.79 Å². The standard InChI is InChI=1S/C18H23NO2S2/c1-12-7-6-8-14(9-12)17(19-23(21)18(3,4)5)16-10-15(11-20)22-13(16)2/h6-11,17,19H,1-5H3. The largest absolute Gasteiger partial charge is 0.297 e. The van der Waals surface area contributed by atoms with E-state index in [9.17, 15) is 9.00 Å². The molecule has 0 aliphatic rings. The first-order chi connectivity index (χ1) is 10.7. The summed E-state index contributed by atoms with van der Waals surface area (Å²) in [4.78, 5) is 12.9. The number of hydrogen-bond acceptors (Lipinski definition) is 3. The summed E-state index contributed by atoms with van der Waals surface area (Å²) < 4.78 is 15.5. The van der Waals surface area contributed by atoms with E-state index >= 15 is 0 Å². The first kappa shape index (κ1) is 18.0. The van der Waals surface area contributed by atoms with Crippen molar-refractivity contribution in [2.45, 2.75) is 45.4 Å². The Morgan fingerprint density at radius 2 is 1.91 bits per heavy atom. The van der Waals surface area contributed by atoms with E-state index in [1.54, 1.807) is 0 Å². The second-order valence-corrected chi connectivity index (χ2v) is 9.91. The van der Waals surface area contributed by atoms with Gasteiger partial charge in [-0.15, -0.1) is 11.3 Å². The Balaban J connectivity index is 2.48. The van der Waals surface area contributed by atoms with Gasteiger partial charge in [0.1, 0.15) is 0 Å². The topological polar surface area (TPSA) is 46.2 Å². The number of carbonyl (C=O) groups is 1. The number of carbonyl (C=O) groups excluding carboxylic acids is 1. The maximum Gasteiger partial charge on any atom is 0.160 e. The molecule has 23 heavy (non-hydrogen) atoms. The molecular formula is C18H23NO2S2. The Hall–Kier alpha value is -1.30. The summed E-state index contributed by atoms with van der Waals surface area (Å²) in [7, 11) is -1.21. The molecule has 2 rings (SSSR count). The molecule has 2 unspecified atom stereocenters. The molecule has 2 aromatic rings. The molecule has 1 N–H and O–H groups in total. The smallest absolute Gasteiger partial charge is 0.160 e.